The third kappa shape index (κ3) is 2.49. The molecule has 16 heavy (non-hydrogen) atoms. The van der Waals surface area contributed by atoms with Gasteiger partial charge in [0.2, 0.25) is 0 Å². The molecule has 2 nitrogen and oxygen atoms in total. The molecule has 0 saturated carbocycles. The Labute approximate surface area is 103 Å². The quantitative estimate of drug-likeness (QED) is 0.781. The Hall–Kier alpha value is -1.19. The van der Waals surface area contributed by atoms with Crippen molar-refractivity contribution in [3.05, 3.63) is 50.9 Å². The first-order valence-electron chi connectivity index (χ1n) is 4.85. The Morgan fingerprint density at radius 1 is 1.44 bits per heavy atom. The fourth-order valence-corrected chi connectivity index (χ4v) is 2.42. The van der Waals surface area contributed by atoms with Crippen LogP contribution in [0, 0.1) is 0 Å². The highest BCUT2D eigenvalue weighted by Crippen LogP contribution is 2.21. The van der Waals surface area contributed by atoms with Crippen molar-refractivity contribution in [2.24, 2.45) is 0 Å². The van der Waals surface area contributed by atoms with Crippen LogP contribution in [0.25, 0.3) is 0 Å². The highest BCUT2D eigenvalue weighted by Gasteiger charge is 2.07. The number of ketones is 1. The number of halogens is 1. The number of nitrogens with zero attached hydrogens (tertiary/aromatic N) is 1. The molecule has 0 aliphatic carbocycles. The van der Waals surface area contributed by atoms with Gasteiger partial charge in [0.25, 0.3) is 0 Å². The lowest BCUT2D eigenvalue weighted by Crippen LogP contribution is -1.94. The minimum absolute atomic E-state index is 0.00154. The molecule has 0 saturated heterocycles. The maximum absolute atomic E-state index is 11.1. The summed E-state index contributed by atoms with van der Waals surface area (Å²) < 4.78 is 0. The molecule has 0 amide bonds. The van der Waals surface area contributed by atoms with Crippen molar-refractivity contribution in [2.45, 2.75) is 13.3 Å². The highest BCUT2D eigenvalue weighted by atomic mass is 35.5. The second kappa shape index (κ2) is 4.76. The summed E-state index contributed by atoms with van der Waals surface area (Å²) in [4.78, 5) is 15.4. The van der Waals surface area contributed by atoms with Crippen LogP contribution in [0.1, 0.15) is 28.0 Å². The number of thiazole rings is 1. The average Bonchev–Trinajstić information content (AvgIpc) is 2.70. The predicted octanol–water partition coefficient (Wildman–Crippen LogP) is 3.59. The fraction of sp³-hybridized carbons (Fsp3) is 0.167. The van der Waals surface area contributed by atoms with Crippen molar-refractivity contribution >= 4 is 28.7 Å². The maximum atomic E-state index is 11.1. The summed E-state index contributed by atoms with van der Waals surface area (Å²) in [6, 6.07) is 7.67. The van der Waals surface area contributed by atoms with E-state index in [-0.39, 0.29) is 5.78 Å². The molecule has 0 spiro atoms. The first-order chi connectivity index (χ1) is 7.66. The van der Waals surface area contributed by atoms with E-state index in [1.807, 2.05) is 24.3 Å². The van der Waals surface area contributed by atoms with Gasteiger partial charge in [0, 0.05) is 23.7 Å². The highest BCUT2D eigenvalue weighted by molar-refractivity contribution is 7.09. The van der Waals surface area contributed by atoms with E-state index < -0.39 is 0 Å². The Kier molecular flexibility index (Phi) is 3.36. The van der Waals surface area contributed by atoms with Gasteiger partial charge in [-0.1, -0.05) is 29.8 Å². The van der Waals surface area contributed by atoms with Crippen LogP contribution in [-0.4, -0.2) is 10.8 Å². The van der Waals surface area contributed by atoms with Crippen molar-refractivity contribution in [2.75, 3.05) is 0 Å². The number of aromatic nitrogens is 1. The molecule has 0 radical (unpaired) electrons. The monoisotopic (exact) mass is 251 g/mol. The lowest BCUT2D eigenvalue weighted by atomic mass is 10.1. The van der Waals surface area contributed by atoms with Crippen LogP contribution in [0.5, 0.6) is 0 Å². The molecule has 0 aliphatic heterocycles. The standard InChI is InChI=1S/C12H10ClNOS/c1-8(15)11-7-16-12(14-11)6-9-4-2-3-5-10(9)13/h2-5,7H,6H2,1H3. The summed E-state index contributed by atoms with van der Waals surface area (Å²) in [7, 11) is 0. The van der Waals surface area contributed by atoms with Crippen LogP contribution in [0.15, 0.2) is 29.6 Å². The van der Waals surface area contributed by atoms with E-state index in [2.05, 4.69) is 4.98 Å². The largest absolute Gasteiger partial charge is 0.293 e. The summed E-state index contributed by atoms with van der Waals surface area (Å²) in [5.41, 5.74) is 1.57. The smallest absolute Gasteiger partial charge is 0.178 e. The van der Waals surface area contributed by atoms with Crippen molar-refractivity contribution in [1.29, 1.82) is 0 Å². The second-order valence-corrected chi connectivity index (χ2v) is 4.80. The summed E-state index contributed by atoms with van der Waals surface area (Å²) >= 11 is 7.54. The molecule has 0 unspecified atom stereocenters. The molecule has 2 aromatic rings. The van der Waals surface area contributed by atoms with Gasteiger partial charge in [-0.3, -0.25) is 4.79 Å². The number of carbonyl (C=O) groups excluding carboxylic acids is 1. The van der Waals surface area contributed by atoms with Crippen molar-refractivity contribution in [1.82, 2.24) is 4.98 Å². The fourth-order valence-electron chi connectivity index (χ4n) is 1.36. The van der Waals surface area contributed by atoms with Gasteiger partial charge >= 0.3 is 0 Å². The molecule has 1 aromatic heterocycles. The number of hydrogen-bond acceptors (Lipinski definition) is 3. The summed E-state index contributed by atoms with van der Waals surface area (Å²) in [6.07, 6.45) is 0.678. The molecule has 1 heterocycles. The maximum Gasteiger partial charge on any atom is 0.178 e. The van der Waals surface area contributed by atoms with Crippen LogP contribution < -0.4 is 0 Å². The van der Waals surface area contributed by atoms with E-state index in [1.54, 1.807) is 5.38 Å². The van der Waals surface area contributed by atoms with E-state index in [4.69, 9.17) is 11.6 Å². The number of rotatable bonds is 3. The zero-order valence-corrected chi connectivity index (χ0v) is 10.3. The molecule has 82 valence electrons. The summed E-state index contributed by atoms with van der Waals surface area (Å²) in [5, 5.41) is 3.44. The van der Waals surface area contributed by atoms with Crippen LogP contribution in [0.2, 0.25) is 5.02 Å². The minimum Gasteiger partial charge on any atom is -0.293 e. The van der Waals surface area contributed by atoms with E-state index in [1.165, 1.54) is 18.3 Å². The van der Waals surface area contributed by atoms with Gasteiger partial charge < -0.3 is 0 Å². The Bertz CT molecular complexity index is 521. The molecular weight excluding hydrogens is 242 g/mol. The van der Waals surface area contributed by atoms with Crippen molar-refractivity contribution in [3.8, 4) is 0 Å². The van der Waals surface area contributed by atoms with E-state index in [9.17, 15) is 4.79 Å². The van der Waals surface area contributed by atoms with Gasteiger partial charge in [-0.15, -0.1) is 11.3 Å². The van der Waals surface area contributed by atoms with Crippen molar-refractivity contribution in [3.63, 3.8) is 0 Å². The molecule has 0 aliphatic rings. The molecule has 2 rings (SSSR count). The first-order valence-corrected chi connectivity index (χ1v) is 6.11. The number of Topliss-reactive ketones (excluding diaryl/α,β-unsaturated/α-hetero) is 1. The number of hydrogen-bond donors (Lipinski definition) is 0. The second-order valence-electron chi connectivity index (χ2n) is 3.45. The molecule has 0 bridgehead atoms. The molecule has 0 atom stereocenters. The van der Waals surface area contributed by atoms with Crippen molar-refractivity contribution < 1.29 is 4.79 Å². The van der Waals surface area contributed by atoms with Gasteiger partial charge in [-0.05, 0) is 11.6 Å². The lowest BCUT2D eigenvalue weighted by Gasteiger charge is -2.00. The van der Waals surface area contributed by atoms with E-state index >= 15 is 0 Å². The minimum atomic E-state index is 0.00154. The molecular formula is C12H10ClNOS. The lowest BCUT2D eigenvalue weighted by molar-refractivity contribution is 0.101. The molecule has 4 heteroatoms. The van der Waals surface area contributed by atoms with Crippen LogP contribution in [0.3, 0.4) is 0 Å². The zero-order valence-electron chi connectivity index (χ0n) is 8.74. The topological polar surface area (TPSA) is 30.0 Å². The SMILES string of the molecule is CC(=O)c1csc(Cc2ccccc2Cl)n1. The number of benzene rings is 1. The Morgan fingerprint density at radius 2 is 2.19 bits per heavy atom. The Balaban J connectivity index is 2.21. The van der Waals surface area contributed by atoms with Crippen LogP contribution in [0.4, 0.5) is 0 Å². The molecule has 0 N–H and O–H groups in total. The van der Waals surface area contributed by atoms with Crippen LogP contribution in [-0.2, 0) is 6.42 Å². The normalized spacial score (nSPS) is 10.4. The zero-order chi connectivity index (χ0) is 11.5. The number of carbonyl (C=O) groups is 1. The van der Waals surface area contributed by atoms with E-state index in [0.29, 0.717) is 12.1 Å². The van der Waals surface area contributed by atoms with Gasteiger partial charge in [-0.2, -0.15) is 0 Å². The Morgan fingerprint density at radius 3 is 2.81 bits per heavy atom. The van der Waals surface area contributed by atoms with Gasteiger partial charge in [-0.25, -0.2) is 4.98 Å². The van der Waals surface area contributed by atoms with Crippen LogP contribution >= 0.6 is 22.9 Å². The van der Waals surface area contributed by atoms with Gasteiger partial charge in [0.1, 0.15) is 5.69 Å². The van der Waals surface area contributed by atoms with Gasteiger partial charge in [0.15, 0.2) is 5.78 Å². The third-order valence-electron chi connectivity index (χ3n) is 2.21. The summed E-state index contributed by atoms with van der Waals surface area (Å²) in [6.45, 7) is 1.52. The van der Waals surface area contributed by atoms with Gasteiger partial charge in [0.05, 0.1) is 5.01 Å². The molecule has 0 fully saturated rings. The van der Waals surface area contributed by atoms with E-state index in [0.717, 1.165) is 15.6 Å². The third-order valence-corrected chi connectivity index (χ3v) is 3.43. The predicted molar refractivity (Wildman–Crippen MR) is 66.4 cm³/mol. The summed E-state index contributed by atoms with van der Waals surface area (Å²) in [5.74, 6) is 0.00154. The molecule has 1 aromatic carbocycles. The first kappa shape index (κ1) is 11.3. The average molecular weight is 252 g/mol.